The molecule has 0 aliphatic heterocycles. The minimum absolute atomic E-state index is 0.0273. The van der Waals surface area contributed by atoms with Crippen LogP contribution in [-0.2, 0) is 9.59 Å². The van der Waals surface area contributed by atoms with Crippen LogP contribution in [0.5, 0.6) is 11.5 Å². The van der Waals surface area contributed by atoms with Crippen molar-refractivity contribution in [2.45, 2.75) is 78.9 Å². The van der Waals surface area contributed by atoms with E-state index in [1.54, 1.807) is 36.4 Å². The molecule has 0 amide bonds. The molecular formula is C43H42Cl2F6O6S2. The minimum Gasteiger partial charge on any atom is -0.482 e. The van der Waals surface area contributed by atoms with Gasteiger partial charge in [-0.1, -0.05) is 79.6 Å². The van der Waals surface area contributed by atoms with Crippen LogP contribution in [0.4, 0.5) is 26.3 Å². The van der Waals surface area contributed by atoms with E-state index in [1.807, 2.05) is 36.8 Å². The highest BCUT2D eigenvalue weighted by Crippen LogP contribution is 2.45. The smallest absolute Gasteiger partial charge is 0.422 e. The normalized spacial score (nSPS) is 15.4. The fourth-order valence-electron chi connectivity index (χ4n) is 6.71. The Hall–Kier alpha value is -3.72. The number of ether oxygens (including phenoxy) is 2. The Kier molecular flexibility index (Phi) is 15.9. The molecule has 318 valence electrons. The first-order valence-corrected chi connectivity index (χ1v) is 21.9. The Morgan fingerprint density at radius 3 is 1.27 bits per heavy atom. The SMILES string of the molecule is CSc1ccc(-c2cc([C@@H](CC3CC3)C(=O)O)cc(Cl)c2OCC(F)(F)F)cc1.CSc1ccc(-c2cc([C@H](CC3CCC3)C(=O)O)cc(Cl)c2OCC(F)(F)F)cc1. The van der Waals surface area contributed by atoms with E-state index in [9.17, 15) is 46.1 Å². The lowest BCUT2D eigenvalue weighted by molar-refractivity contribution is -0.154. The molecular weight excluding hydrogens is 861 g/mol. The molecule has 16 heteroatoms. The molecule has 0 bridgehead atoms. The summed E-state index contributed by atoms with van der Waals surface area (Å²) < 4.78 is 86.5. The number of hydrogen-bond acceptors (Lipinski definition) is 6. The van der Waals surface area contributed by atoms with Crippen molar-refractivity contribution in [3.8, 4) is 33.8 Å². The number of carboxylic acid groups (broad SMARTS) is 2. The van der Waals surface area contributed by atoms with Crippen LogP contribution < -0.4 is 9.47 Å². The Balaban J connectivity index is 0.000000224. The number of benzene rings is 4. The maximum absolute atomic E-state index is 12.8. The largest absolute Gasteiger partial charge is 0.482 e. The summed E-state index contributed by atoms with van der Waals surface area (Å²) in [7, 11) is 0. The van der Waals surface area contributed by atoms with Gasteiger partial charge in [0.15, 0.2) is 13.2 Å². The van der Waals surface area contributed by atoms with Crippen molar-refractivity contribution in [3.63, 3.8) is 0 Å². The Labute approximate surface area is 357 Å². The molecule has 2 N–H and O–H groups in total. The molecule has 59 heavy (non-hydrogen) atoms. The lowest BCUT2D eigenvalue weighted by Crippen LogP contribution is -2.21. The summed E-state index contributed by atoms with van der Waals surface area (Å²) in [6.07, 6.45) is 0.837. The standard InChI is InChI=1S/C22H22ClF3O3S.C21H20ClF3O3S/c1-30-16-7-5-14(6-8-16)17-10-15(18(21(27)28)9-13-3-2-4-13)11-19(23)20(17)29-12-22(24,25)26;1-29-15-6-4-13(5-7-15)16-9-14(17(20(26)27)8-12-2-3-12)10-18(22)19(16)28-11-21(23,24)25/h5-8,10-11,13,18H,2-4,9,12H2,1H3,(H,27,28);4-7,9-10,12,17H,2-3,8,11H2,1H3,(H,26,27)/t18-;17-/m01/s1. The highest BCUT2D eigenvalue weighted by Gasteiger charge is 2.34. The number of carboxylic acids is 2. The maximum Gasteiger partial charge on any atom is 0.422 e. The van der Waals surface area contributed by atoms with E-state index in [2.05, 4.69) is 0 Å². The number of hydrogen-bond donors (Lipinski definition) is 2. The van der Waals surface area contributed by atoms with E-state index in [1.165, 1.54) is 35.7 Å². The van der Waals surface area contributed by atoms with Gasteiger partial charge in [0.2, 0.25) is 0 Å². The van der Waals surface area contributed by atoms with Crippen molar-refractivity contribution >= 4 is 58.7 Å². The number of alkyl halides is 6. The van der Waals surface area contributed by atoms with Crippen LogP contribution in [0.15, 0.2) is 82.6 Å². The van der Waals surface area contributed by atoms with Crippen molar-refractivity contribution < 1.29 is 55.6 Å². The predicted molar refractivity (Wildman–Crippen MR) is 220 cm³/mol. The third-order valence-corrected chi connectivity index (χ3v) is 12.2. The number of thioether (sulfide) groups is 2. The molecule has 0 saturated heterocycles. The molecule has 6 rings (SSSR count). The molecule has 0 spiro atoms. The predicted octanol–water partition coefficient (Wildman–Crippen LogP) is 13.7. The van der Waals surface area contributed by atoms with Crippen LogP contribution in [0, 0.1) is 11.8 Å². The van der Waals surface area contributed by atoms with Gasteiger partial charge in [0.25, 0.3) is 0 Å². The second-order valence-corrected chi connectivity index (χ2v) is 17.1. The van der Waals surface area contributed by atoms with Gasteiger partial charge in [-0.15, -0.1) is 23.5 Å². The van der Waals surface area contributed by atoms with Gasteiger partial charge in [0.1, 0.15) is 11.5 Å². The van der Waals surface area contributed by atoms with Gasteiger partial charge >= 0.3 is 24.3 Å². The molecule has 2 aliphatic carbocycles. The first kappa shape index (κ1) is 46.3. The number of aliphatic carboxylic acids is 2. The Bertz CT molecular complexity index is 2070. The van der Waals surface area contributed by atoms with Crippen molar-refractivity contribution in [3.05, 3.63) is 94.0 Å². The molecule has 6 nitrogen and oxygen atoms in total. The summed E-state index contributed by atoms with van der Waals surface area (Å²) >= 11 is 15.7. The Morgan fingerprint density at radius 2 is 1.00 bits per heavy atom. The number of halogens is 8. The van der Waals surface area contributed by atoms with Crippen LogP contribution in [0.1, 0.15) is 67.9 Å². The van der Waals surface area contributed by atoms with Gasteiger partial charge in [-0.3, -0.25) is 9.59 Å². The van der Waals surface area contributed by atoms with E-state index < -0.39 is 49.3 Å². The van der Waals surface area contributed by atoms with Gasteiger partial charge in [-0.05, 0) is 108 Å². The van der Waals surface area contributed by atoms with Gasteiger partial charge in [0, 0.05) is 20.9 Å². The summed E-state index contributed by atoms with van der Waals surface area (Å²) in [6, 6.07) is 20.5. The van der Waals surface area contributed by atoms with Gasteiger partial charge in [-0.2, -0.15) is 26.3 Å². The third-order valence-electron chi connectivity index (χ3n) is 10.2. The summed E-state index contributed by atoms with van der Waals surface area (Å²) in [6.45, 7) is -2.96. The molecule has 0 heterocycles. The molecule has 0 radical (unpaired) electrons. The molecule has 4 aromatic rings. The van der Waals surface area contributed by atoms with Crippen LogP contribution in [-0.4, -0.2) is 60.2 Å². The van der Waals surface area contributed by atoms with Crippen molar-refractivity contribution in [1.29, 1.82) is 0 Å². The van der Waals surface area contributed by atoms with E-state index >= 15 is 0 Å². The second-order valence-electron chi connectivity index (χ2n) is 14.5. The van der Waals surface area contributed by atoms with E-state index in [-0.39, 0.29) is 21.5 Å². The lowest BCUT2D eigenvalue weighted by atomic mass is 9.77. The average molecular weight is 904 g/mol. The summed E-state index contributed by atoms with van der Waals surface area (Å²) in [4.78, 5) is 25.7. The first-order chi connectivity index (χ1) is 27.8. The zero-order valence-electron chi connectivity index (χ0n) is 32.0. The second kappa shape index (κ2) is 20.2. The zero-order valence-corrected chi connectivity index (χ0v) is 35.1. The molecule has 2 fully saturated rings. The Morgan fingerprint density at radius 1 is 0.644 bits per heavy atom. The molecule has 2 atom stereocenters. The van der Waals surface area contributed by atoms with Gasteiger partial charge < -0.3 is 19.7 Å². The topological polar surface area (TPSA) is 93.1 Å². The van der Waals surface area contributed by atoms with Crippen LogP contribution in [0.3, 0.4) is 0 Å². The van der Waals surface area contributed by atoms with Gasteiger partial charge in [-0.25, -0.2) is 0 Å². The summed E-state index contributed by atoms with van der Waals surface area (Å²) in [5.41, 5.74) is 2.88. The first-order valence-electron chi connectivity index (χ1n) is 18.7. The minimum atomic E-state index is -4.52. The van der Waals surface area contributed by atoms with Gasteiger partial charge in [0.05, 0.1) is 21.9 Å². The van der Waals surface area contributed by atoms with Crippen molar-refractivity contribution in [1.82, 2.24) is 0 Å². The molecule has 4 aromatic carbocycles. The molecule has 0 aromatic heterocycles. The van der Waals surface area contributed by atoms with E-state index in [4.69, 9.17) is 32.7 Å². The van der Waals surface area contributed by atoms with Crippen LogP contribution in [0.25, 0.3) is 22.3 Å². The van der Waals surface area contributed by atoms with Crippen molar-refractivity contribution in [2.75, 3.05) is 25.7 Å². The monoisotopic (exact) mass is 902 g/mol. The highest BCUT2D eigenvalue weighted by atomic mass is 35.5. The summed E-state index contributed by atoms with van der Waals surface area (Å²) in [5, 5.41) is 19.4. The van der Waals surface area contributed by atoms with Crippen molar-refractivity contribution in [2.24, 2.45) is 11.8 Å². The molecule has 2 aliphatic rings. The third kappa shape index (κ3) is 13.4. The fourth-order valence-corrected chi connectivity index (χ4v) is 8.09. The number of rotatable bonds is 16. The average Bonchev–Trinajstić information content (AvgIpc) is 3.99. The lowest BCUT2D eigenvalue weighted by Gasteiger charge is -2.28. The molecule has 0 unspecified atom stereocenters. The van der Waals surface area contributed by atoms with Crippen LogP contribution in [0.2, 0.25) is 10.0 Å². The fraction of sp³-hybridized carbons (Fsp3) is 0.395. The maximum atomic E-state index is 12.8. The highest BCUT2D eigenvalue weighted by molar-refractivity contribution is 7.98. The van der Waals surface area contributed by atoms with Crippen LogP contribution >= 0.6 is 46.7 Å². The molecule has 2 saturated carbocycles. The zero-order chi connectivity index (χ0) is 43.1. The quantitative estimate of drug-likeness (QED) is 0.0848. The van der Waals surface area contributed by atoms with E-state index in [0.29, 0.717) is 58.1 Å². The summed E-state index contributed by atoms with van der Waals surface area (Å²) in [5.74, 6) is -2.96. The number of carbonyl (C=O) groups is 2. The van der Waals surface area contributed by atoms with E-state index in [0.717, 1.165) is 41.9 Å².